The second-order valence-electron chi connectivity index (χ2n) is 6.37. The number of hydrogen-bond donors (Lipinski definition) is 1. The second-order valence-corrected chi connectivity index (χ2v) is 7.41. The highest BCUT2D eigenvalue weighted by molar-refractivity contribution is 7.98. The fraction of sp³-hybridized carbons (Fsp3) is 0.250. The van der Waals surface area contributed by atoms with E-state index in [-0.39, 0.29) is 11.8 Å². The number of aromatic nitrogens is 1. The maximum Gasteiger partial charge on any atom is 0.235 e. The van der Waals surface area contributed by atoms with Crippen LogP contribution in [0.4, 0.5) is 0 Å². The largest absolute Gasteiger partial charge is 0.497 e. The molecule has 2 amide bonds. The molecule has 0 saturated carbocycles. The molecule has 1 aromatic heterocycles. The molecule has 3 aromatic rings. The van der Waals surface area contributed by atoms with E-state index in [2.05, 4.69) is 10.5 Å². The minimum atomic E-state index is -0.453. The van der Waals surface area contributed by atoms with Gasteiger partial charge in [0.15, 0.2) is 5.58 Å². The van der Waals surface area contributed by atoms with Crippen LogP contribution in [0.15, 0.2) is 51.9 Å². The van der Waals surface area contributed by atoms with Crippen molar-refractivity contribution in [2.45, 2.75) is 29.4 Å². The number of benzene rings is 2. The highest BCUT2D eigenvalue weighted by Gasteiger charge is 2.31. The number of fused-ring (bicyclic) bond motifs is 1. The van der Waals surface area contributed by atoms with Crippen molar-refractivity contribution in [3.8, 4) is 5.75 Å². The van der Waals surface area contributed by atoms with Gasteiger partial charge in [0.05, 0.1) is 13.0 Å². The summed E-state index contributed by atoms with van der Waals surface area (Å²) in [7, 11) is 1.65. The van der Waals surface area contributed by atoms with Crippen molar-refractivity contribution in [2.24, 2.45) is 0 Å². The summed E-state index contributed by atoms with van der Waals surface area (Å²) in [5.74, 6) is 0.654. The molecule has 2 aromatic carbocycles. The van der Waals surface area contributed by atoms with E-state index >= 15 is 0 Å². The van der Waals surface area contributed by atoms with Gasteiger partial charge in [-0.2, -0.15) is 0 Å². The Balaban J connectivity index is 1.54. The van der Waals surface area contributed by atoms with Crippen molar-refractivity contribution in [2.75, 3.05) is 7.11 Å². The smallest absolute Gasteiger partial charge is 0.235 e. The van der Waals surface area contributed by atoms with Crippen molar-refractivity contribution in [3.05, 3.63) is 53.7 Å². The van der Waals surface area contributed by atoms with E-state index in [0.29, 0.717) is 24.1 Å². The normalized spacial score (nSPS) is 17.1. The van der Waals surface area contributed by atoms with Crippen LogP contribution in [-0.4, -0.2) is 24.1 Å². The summed E-state index contributed by atoms with van der Waals surface area (Å²) in [5, 5.41) is 7.30. The average molecular weight is 382 g/mol. The first-order valence-corrected chi connectivity index (χ1v) is 9.61. The van der Waals surface area contributed by atoms with Crippen molar-refractivity contribution in [1.29, 1.82) is 0 Å². The summed E-state index contributed by atoms with van der Waals surface area (Å²) in [6, 6.07) is 13.8. The van der Waals surface area contributed by atoms with Crippen LogP contribution in [-0.2, 0) is 15.3 Å². The molecule has 0 bridgehead atoms. The molecule has 2 heterocycles. The Bertz CT molecular complexity index is 997. The molecule has 0 spiro atoms. The predicted octanol–water partition coefficient (Wildman–Crippen LogP) is 3.65. The second kappa shape index (κ2) is 7.44. The van der Waals surface area contributed by atoms with Crippen LogP contribution < -0.4 is 10.1 Å². The van der Waals surface area contributed by atoms with Gasteiger partial charge in [0.25, 0.3) is 0 Å². The Morgan fingerprint density at radius 1 is 1.22 bits per heavy atom. The maximum atomic E-state index is 12.2. The summed E-state index contributed by atoms with van der Waals surface area (Å²) in [6.07, 6.45) is 0.770. The zero-order valence-corrected chi connectivity index (χ0v) is 15.5. The Morgan fingerprint density at radius 2 is 2.04 bits per heavy atom. The van der Waals surface area contributed by atoms with Gasteiger partial charge in [0, 0.05) is 22.5 Å². The van der Waals surface area contributed by atoms with Crippen molar-refractivity contribution >= 4 is 34.5 Å². The molecular formula is C20H18N2O4S. The summed E-state index contributed by atoms with van der Waals surface area (Å²) < 4.78 is 10.6. The van der Waals surface area contributed by atoms with Gasteiger partial charge in [-0.3, -0.25) is 14.9 Å². The first-order valence-electron chi connectivity index (χ1n) is 8.63. The molecule has 1 N–H and O–H groups in total. The van der Waals surface area contributed by atoms with Crippen molar-refractivity contribution in [1.82, 2.24) is 10.5 Å². The molecule has 1 saturated heterocycles. The molecule has 138 valence electrons. The quantitative estimate of drug-likeness (QED) is 0.536. The van der Waals surface area contributed by atoms with E-state index in [4.69, 9.17) is 9.26 Å². The number of nitrogens with zero attached hydrogens (tertiary/aromatic N) is 1. The Morgan fingerprint density at radius 3 is 2.78 bits per heavy atom. The first kappa shape index (κ1) is 17.6. The van der Waals surface area contributed by atoms with E-state index in [1.807, 2.05) is 42.5 Å². The predicted molar refractivity (Wildman–Crippen MR) is 102 cm³/mol. The van der Waals surface area contributed by atoms with E-state index in [1.54, 1.807) is 18.9 Å². The van der Waals surface area contributed by atoms with E-state index < -0.39 is 5.92 Å². The van der Waals surface area contributed by atoms with Crippen LogP contribution in [0.25, 0.3) is 11.0 Å². The lowest BCUT2D eigenvalue weighted by atomic mass is 9.93. The lowest BCUT2D eigenvalue weighted by molar-refractivity contribution is -0.134. The lowest BCUT2D eigenvalue weighted by Gasteiger charge is -2.18. The number of ether oxygens (including phenoxy) is 1. The SMILES string of the molecule is COc1ccc(CSc2ccc3onc(C4CCC(=O)NC4=O)c3c2)cc1. The van der Waals surface area contributed by atoms with Gasteiger partial charge in [0.2, 0.25) is 11.8 Å². The van der Waals surface area contributed by atoms with Gasteiger partial charge >= 0.3 is 0 Å². The molecule has 0 radical (unpaired) electrons. The zero-order valence-electron chi connectivity index (χ0n) is 14.7. The van der Waals surface area contributed by atoms with Crippen molar-refractivity contribution < 1.29 is 18.8 Å². The van der Waals surface area contributed by atoms with E-state index in [0.717, 1.165) is 21.8 Å². The Hall–Kier alpha value is -2.80. The summed E-state index contributed by atoms with van der Waals surface area (Å²) in [5.41, 5.74) is 2.43. The third-order valence-corrected chi connectivity index (χ3v) is 5.67. The third kappa shape index (κ3) is 3.68. The maximum absolute atomic E-state index is 12.2. The van der Waals surface area contributed by atoms with Gasteiger partial charge in [0.1, 0.15) is 11.4 Å². The van der Waals surface area contributed by atoms with Gasteiger partial charge in [-0.25, -0.2) is 0 Å². The number of imide groups is 1. The summed E-state index contributed by atoms with van der Waals surface area (Å²) in [6.45, 7) is 0. The van der Waals surface area contributed by atoms with Gasteiger partial charge in [-0.15, -0.1) is 11.8 Å². The number of piperidine rings is 1. The molecule has 7 heteroatoms. The van der Waals surface area contributed by atoms with E-state index in [9.17, 15) is 9.59 Å². The van der Waals surface area contributed by atoms with Crippen LogP contribution in [0.2, 0.25) is 0 Å². The van der Waals surface area contributed by atoms with Crippen LogP contribution in [0.5, 0.6) is 5.75 Å². The first-order chi connectivity index (χ1) is 13.1. The number of hydrogen-bond acceptors (Lipinski definition) is 6. The number of carbonyl (C=O) groups is 2. The molecule has 1 atom stereocenters. The molecule has 1 aliphatic rings. The minimum absolute atomic E-state index is 0.236. The van der Waals surface area contributed by atoms with Gasteiger partial charge in [-0.05, 0) is 42.3 Å². The number of nitrogens with one attached hydrogen (secondary N) is 1. The monoisotopic (exact) mass is 382 g/mol. The fourth-order valence-electron chi connectivity index (χ4n) is 3.12. The molecule has 1 aliphatic heterocycles. The fourth-order valence-corrected chi connectivity index (χ4v) is 4.01. The Labute approximate surface area is 160 Å². The highest BCUT2D eigenvalue weighted by atomic mass is 32.2. The lowest BCUT2D eigenvalue weighted by Crippen LogP contribution is -2.39. The molecule has 27 heavy (non-hydrogen) atoms. The average Bonchev–Trinajstić information content (AvgIpc) is 3.10. The standard InChI is InChI=1S/C20H18N2O4S/c1-25-13-4-2-12(3-5-13)11-27-14-6-8-17-16(10-14)19(22-26-17)15-7-9-18(23)21-20(15)24/h2-6,8,10,15H,7,9,11H2,1H3,(H,21,23,24). The number of thioether (sulfide) groups is 1. The van der Waals surface area contributed by atoms with Crippen molar-refractivity contribution in [3.63, 3.8) is 0 Å². The third-order valence-electron chi connectivity index (χ3n) is 4.60. The van der Waals surface area contributed by atoms with Gasteiger partial charge in [-0.1, -0.05) is 17.3 Å². The molecule has 1 fully saturated rings. The summed E-state index contributed by atoms with van der Waals surface area (Å²) >= 11 is 1.70. The number of carbonyl (C=O) groups excluding carboxylic acids is 2. The van der Waals surface area contributed by atoms with Crippen LogP contribution in [0, 0.1) is 0 Å². The minimum Gasteiger partial charge on any atom is -0.497 e. The van der Waals surface area contributed by atoms with Crippen LogP contribution in [0.3, 0.4) is 0 Å². The Kier molecular flexibility index (Phi) is 4.85. The van der Waals surface area contributed by atoms with Crippen LogP contribution in [0.1, 0.15) is 30.0 Å². The van der Waals surface area contributed by atoms with E-state index in [1.165, 1.54) is 5.56 Å². The number of methoxy groups -OCH3 is 1. The number of amides is 2. The topological polar surface area (TPSA) is 81.4 Å². The summed E-state index contributed by atoms with van der Waals surface area (Å²) in [4.78, 5) is 24.6. The number of rotatable bonds is 5. The molecule has 0 aliphatic carbocycles. The highest BCUT2D eigenvalue weighted by Crippen LogP contribution is 2.33. The molecular weight excluding hydrogens is 364 g/mol. The van der Waals surface area contributed by atoms with Gasteiger partial charge < -0.3 is 9.26 Å². The molecule has 1 unspecified atom stereocenters. The van der Waals surface area contributed by atoms with Crippen LogP contribution >= 0.6 is 11.8 Å². The molecule has 4 rings (SSSR count). The zero-order chi connectivity index (χ0) is 18.8. The molecule has 6 nitrogen and oxygen atoms in total.